The highest BCUT2D eigenvalue weighted by molar-refractivity contribution is 5.98. The van der Waals surface area contributed by atoms with Gasteiger partial charge in [0.05, 0.1) is 35.8 Å². The van der Waals surface area contributed by atoms with Crippen LogP contribution in [-0.4, -0.2) is 57.2 Å². The monoisotopic (exact) mass is 435 g/mol. The number of rotatable bonds is 8. The normalized spacial score (nSPS) is 18.8. The van der Waals surface area contributed by atoms with Crippen LogP contribution in [0.3, 0.4) is 0 Å². The molecule has 1 aliphatic rings. The first-order chi connectivity index (χ1) is 14.8. The summed E-state index contributed by atoms with van der Waals surface area (Å²) in [6.07, 6.45) is 2.51. The second kappa shape index (κ2) is 9.73. The largest absolute Gasteiger partial charge is 0.502 e. The molecule has 3 rings (SSSR count). The average molecular weight is 435 g/mol. The molecule has 1 aromatic heterocycles. The molecule has 31 heavy (non-hydrogen) atoms. The fraction of sp³-hybridized carbons (Fsp3) is 0.550. The lowest BCUT2D eigenvalue weighted by Crippen LogP contribution is -2.40. The number of nitro groups is 1. The molecule has 1 N–H and O–H groups in total. The summed E-state index contributed by atoms with van der Waals surface area (Å²) in [4.78, 5) is 34.6. The predicted molar refractivity (Wildman–Crippen MR) is 107 cm³/mol. The van der Waals surface area contributed by atoms with Crippen LogP contribution in [0.2, 0.25) is 0 Å². The van der Waals surface area contributed by atoms with E-state index in [-0.39, 0.29) is 31.0 Å². The molecule has 1 saturated carbocycles. The molecule has 0 bridgehead atoms. The second-order valence-electron chi connectivity index (χ2n) is 7.22. The molecule has 0 aliphatic heterocycles. The van der Waals surface area contributed by atoms with Crippen LogP contribution >= 0.6 is 0 Å². The molecule has 11 nitrogen and oxygen atoms in total. The molecule has 0 radical (unpaired) electrons. The number of benzene rings is 1. The molecular weight excluding hydrogens is 410 g/mol. The quantitative estimate of drug-likeness (QED) is 0.286. The van der Waals surface area contributed by atoms with Crippen LogP contribution in [0.5, 0.6) is 5.75 Å². The number of fused-ring (bicyclic) bond motifs is 1. The van der Waals surface area contributed by atoms with Crippen molar-refractivity contribution in [3.63, 3.8) is 0 Å². The fourth-order valence-corrected chi connectivity index (χ4v) is 3.68. The number of ether oxygens (including phenoxy) is 3. The Morgan fingerprint density at radius 2 is 1.81 bits per heavy atom. The first-order valence-electron chi connectivity index (χ1n) is 10.2. The maximum Gasteiger partial charge on any atom is 0.347 e. The number of esters is 2. The lowest BCUT2D eigenvalue weighted by atomic mass is 9.93. The van der Waals surface area contributed by atoms with Crippen molar-refractivity contribution in [1.82, 2.24) is 9.78 Å². The maximum atomic E-state index is 12.1. The molecule has 11 heteroatoms. The third-order valence-electron chi connectivity index (χ3n) is 5.16. The SMILES string of the molecule is CCOC(=O)C(OC1CCC(n2cc3cc([N+](=O)[O-])c(O)cc3n2)CC1)C(=O)OCC. The van der Waals surface area contributed by atoms with Crippen molar-refractivity contribution < 1.29 is 33.8 Å². The smallest absolute Gasteiger partial charge is 0.347 e. The second-order valence-corrected chi connectivity index (χ2v) is 7.22. The van der Waals surface area contributed by atoms with Crippen LogP contribution in [0.15, 0.2) is 18.3 Å². The van der Waals surface area contributed by atoms with Crippen molar-refractivity contribution in [3.05, 3.63) is 28.4 Å². The third-order valence-corrected chi connectivity index (χ3v) is 5.16. The van der Waals surface area contributed by atoms with Crippen molar-refractivity contribution in [1.29, 1.82) is 0 Å². The number of hydrogen-bond donors (Lipinski definition) is 1. The van der Waals surface area contributed by atoms with Gasteiger partial charge in [-0.15, -0.1) is 0 Å². The van der Waals surface area contributed by atoms with Gasteiger partial charge in [-0.1, -0.05) is 0 Å². The van der Waals surface area contributed by atoms with Gasteiger partial charge in [0.2, 0.25) is 0 Å². The van der Waals surface area contributed by atoms with Gasteiger partial charge < -0.3 is 19.3 Å². The first kappa shape index (κ1) is 22.5. The van der Waals surface area contributed by atoms with E-state index in [2.05, 4.69) is 5.10 Å². The van der Waals surface area contributed by atoms with Gasteiger partial charge in [0.25, 0.3) is 6.10 Å². The Kier molecular flexibility index (Phi) is 7.06. The van der Waals surface area contributed by atoms with Gasteiger partial charge in [-0.2, -0.15) is 5.10 Å². The van der Waals surface area contributed by atoms with E-state index in [1.54, 1.807) is 24.7 Å². The molecule has 0 saturated heterocycles. The fourth-order valence-electron chi connectivity index (χ4n) is 3.68. The van der Waals surface area contributed by atoms with E-state index in [0.717, 1.165) is 0 Å². The summed E-state index contributed by atoms with van der Waals surface area (Å²) in [7, 11) is 0. The number of carbonyl (C=O) groups is 2. The van der Waals surface area contributed by atoms with E-state index >= 15 is 0 Å². The highest BCUT2D eigenvalue weighted by Gasteiger charge is 2.35. The molecule has 0 unspecified atom stereocenters. The minimum Gasteiger partial charge on any atom is -0.502 e. The Bertz CT molecular complexity index is 947. The molecule has 0 amide bonds. The standard InChI is InChI=1S/C20H25N3O8/c1-3-29-19(25)18(20(26)30-4-2)31-14-7-5-13(6-8-14)22-11-12-9-16(23(27)28)17(24)10-15(12)21-22/h9-11,13-14,18,24H,3-8H2,1-2H3. The molecule has 0 spiro atoms. The molecule has 1 fully saturated rings. The van der Waals surface area contributed by atoms with Gasteiger partial charge in [-0.3, -0.25) is 14.8 Å². The molecule has 0 atom stereocenters. The van der Waals surface area contributed by atoms with Gasteiger partial charge in [0.15, 0.2) is 5.75 Å². The van der Waals surface area contributed by atoms with Crippen molar-refractivity contribution in [3.8, 4) is 5.75 Å². The zero-order chi connectivity index (χ0) is 22.5. The van der Waals surface area contributed by atoms with Crippen molar-refractivity contribution in [2.24, 2.45) is 0 Å². The number of hydrogen-bond acceptors (Lipinski definition) is 9. The predicted octanol–water partition coefficient (Wildman–Crippen LogP) is 2.65. The first-order valence-corrected chi connectivity index (χ1v) is 10.2. The minimum atomic E-state index is -1.41. The van der Waals surface area contributed by atoms with Gasteiger partial charge in [-0.05, 0) is 39.5 Å². The number of phenolic OH excluding ortho intramolecular Hbond substituents is 1. The summed E-state index contributed by atoms with van der Waals surface area (Å²) in [6.45, 7) is 3.55. The van der Waals surface area contributed by atoms with E-state index in [9.17, 15) is 24.8 Å². The number of aromatic hydroxyl groups is 1. The highest BCUT2D eigenvalue weighted by atomic mass is 16.6. The van der Waals surface area contributed by atoms with E-state index in [0.29, 0.717) is 36.6 Å². The third kappa shape index (κ3) is 5.10. The topological polar surface area (TPSA) is 143 Å². The van der Waals surface area contributed by atoms with Crippen LogP contribution in [0, 0.1) is 10.1 Å². The van der Waals surface area contributed by atoms with Crippen molar-refractivity contribution >= 4 is 28.5 Å². The molecule has 168 valence electrons. The Balaban J connectivity index is 1.66. The van der Waals surface area contributed by atoms with Crippen LogP contribution in [0.25, 0.3) is 10.9 Å². The number of phenols is 1. The Morgan fingerprint density at radius 1 is 1.19 bits per heavy atom. The molecular formula is C20H25N3O8. The Hall–Kier alpha value is -3.21. The highest BCUT2D eigenvalue weighted by Crippen LogP contribution is 2.34. The van der Waals surface area contributed by atoms with E-state index in [1.165, 1.54) is 12.1 Å². The number of aromatic nitrogens is 2. The Morgan fingerprint density at radius 3 is 2.35 bits per heavy atom. The van der Waals surface area contributed by atoms with Crippen molar-refractivity contribution in [2.75, 3.05) is 13.2 Å². The lowest BCUT2D eigenvalue weighted by Gasteiger charge is -2.30. The van der Waals surface area contributed by atoms with Crippen LogP contribution < -0.4 is 0 Å². The summed E-state index contributed by atoms with van der Waals surface area (Å²) in [5.41, 5.74) is 0.0966. The number of nitro benzene ring substituents is 1. The number of nitrogens with zero attached hydrogens (tertiary/aromatic N) is 3. The molecule has 1 aliphatic carbocycles. The maximum absolute atomic E-state index is 12.1. The van der Waals surface area contributed by atoms with Crippen LogP contribution in [0.1, 0.15) is 45.6 Å². The van der Waals surface area contributed by atoms with E-state index < -0.39 is 28.7 Å². The summed E-state index contributed by atoms with van der Waals surface area (Å²) >= 11 is 0. The van der Waals surface area contributed by atoms with E-state index in [4.69, 9.17) is 14.2 Å². The summed E-state index contributed by atoms with van der Waals surface area (Å²) in [6, 6.07) is 2.60. The minimum absolute atomic E-state index is 0.0251. The van der Waals surface area contributed by atoms with Gasteiger partial charge in [-0.25, -0.2) is 9.59 Å². The average Bonchev–Trinajstić information content (AvgIpc) is 3.14. The van der Waals surface area contributed by atoms with Gasteiger partial charge in [0, 0.05) is 23.7 Å². The zero-order valence-electron chi connectivity index (χ0n) is 17.4. The molecule has 2 aromatic rings. The number of carbonyl (C=O) groups excluding carboxylic acids is 2. The summed E-state index contributed by atoms with van der Waals surface area (Å²) in [5.74, 6) is -1.95. The summed E-state index contributed by atoms with van der Waals surface area (Å²) in [5, 5.41) is 25.8. The summed E-state index contributed by atoms with van der Waals surface area (Å²) < 4.78 is 17.3. The molecule has 1 heterocycles. The van der Waals surface area contributed by atoms with Crippen molar-refractivity contribution in [2.45, 2.75) is 57.8 Å². The Labute approximate surface area is 178 Å². The lowest BCUT2D eigenvalue weighted by molar-refractivity contribution is -0.385. The molecule has 1 aromatic carbocycles. The van der Waals surface area contributed by atoms with Crippen LogP contribution in [0.4, 0.5) is 5.69 Å². The van der Waals surface area contributed by atoms with Crippen LogP contribution in [-0.2, 0) is 23.8 Å². The van der Waals surface area contributed by atoms with E-state index in [1.807, 2.05) is 0 Å². The zero-order valence-corrected chi connectivity index (χ0v) is 17.4. The van der Waals surface area contributed by atoms with Gasteiger partial charge >= 0.3 is 17.6 Å². The van der Waals surface area contributed by atoms with Gasteiger partial charge in [0.1, 0.15) is 0 Å².